The predicted molar refractivity (Wildman–Crippen MR) is 116 cm³/mol. The lowest BCUT2D eigenvalue weighted by atomic mass is 10.1. The average Bonchev–Trinajstić information content (AvgIpc) is 3.28. The quantitative estimate of drug-likeness (QED) is 0.513. The minimum absolute atomic E-state index is 0.0488. The third-order valence-electron chi connectivity index (χ3n) is 5.72. The van der Waals surface area contributed by atoms with Crippen molar-refractivity contribution in [2.75, 3.05) is 38.0 Å². The Morgan fingerprint density at radius 1 is 1.09 bits per heavy atom. The zero-order valence-corrected chi connectivity index (χ0v) is 18.6. The Balaban J connectivity index is 1.31. The van der Waals surface area contributed by atoms with Crippen molar-refractivity contribution in [2.45, 2.75) is 19.1 Å². The molecule has 1 aromatic heterocycles. The van der Waals surface area contributed by atoms with Crippen molar-refractivity contribution in [1.82, 2.24) is 19.9 Å². The first-order chi connectivity index (χ1) is 16.6. The van der Waals surface area contributed by atoms with Crippen LogP contribution in [-0.4, -0.2) is 58.6 Å². The van der Waals surface area contributed by atoms with Crippen molar-refractivity contribution < 1.29 is 31.3 Å². The van der Waals surface area contributed by atoms with Crippen molar-refractivity contribution in [2.24, 2.45) is 0 Å². The van der Waals surface area contributed by atoms with Gasteiger partial charge in [-0.3, -0.25) is 14.6 Å². The lowest BCUT2D eigenvalue weighted by Gasteiger charge is -2.36. The number of carbonyl (C=O) groups excluding carboxylic acids is 1. The van der Waals surface area contributed by atoms with Crippen LogP contribution in [0.3, 0.4) is 0 Å². The van der Waals surface area contributed by atoms with Crippen LogP contribution in [0.5, 0.6) is 0 Å². The lowest BCUT2D eigenvalue weighted by Crippen LogP contribution is -2.49. The van der Waals surface area contributed by atoms with Gasteiger partial charge < -0.3 is 9.84 Å². The Morgan fingerprint density at radius 3 is 2.43 bits per heavy atom. The second-order valence-electron chi connectivity index (χ2n) is 8.23. The van der Waals surface area contributed by atoms with Crippen molar-refractivity contribution in [1.29, 1.82) is 0 Å². The van der Waals surface area contributed by atoms with Crippen molar-refractivity contribution in [3.8, 4) is 11.4 Å². The van der Waals surface area contributed by atoms with E-state index in [0.717, 1.165) is 30.3 Å². The summed E-state index contributed by atoms with van der Waals surface area (Å²) in [5.41, 5.74) is -0.541. The second-order valence-corrected chi connectivity index (χ2v) is 8.23. The van der Waals surface area contributed by atoms with E-state index in [0.29, 0.717) is 26.2 Å². The number of hydrogen-bond acceptors (Lipinski definition) is 6. The van der Waals surface area contributed by atoms with Crippen LogP contribution in [0.1, 0.15) is 24.4 Å². The highest BCUT2D eigenvalue weighted by Gasteiger charge is 2.31. The molecule has 0 spiro atoms. The standard InChI is InChI=1S/C23H22F5N5O2/c1-14(22-30-21(31-35-22)15-3-2-4-16(9-15)23(26,27)28)33-7-5-32(6-8-33)13-20(34)29-19-11-17(24)10-18(25)12-19/h2-4,9-12,14H,5-8,13H2,1H3,(H,29,34). The van der Waals surface area contributed by atoms with Gasteiger partial charge in [0.1, 0.15) is 11.6 Å². The molecule has 186 valence electrons. The molecule has 1 aliphatic heterocycles. The first-order valence-electron chi connectivity index (χ1n) is 10.8. The largest absolute Gasteiger partial charge is 0.416 e. The van der Waals surface area contributed by atoms with Crippen LogP contribution < -0.4 is 5.32 Å². The molecule has 1 atom stereocenters. The van der Waals surface area contributed by atoms with Crippen LogP contribution in [-0.2, 0) is 11.0 Å². The van der Waals surface area contributed by atoms with E-state index < -0.39 is 23.4 Å². The maximum Gasteiger partial charge on any atom is 0.416 e. The summed E-state index contributed by atoms with van der Waals surface area (Å²) in [6, 6.07) is 7.24. The van der Waals surface area contributed by atoms with Gasteiger partial charge in [0.05, 0.1) is 18.2 Å². The molecule has 2 aromatic carbocycles. The number of halogens is 5. The highest BCUT2D eigenvalue weighted by molar-refractivity contribution is 5.92. The molecule has 0 saturated carbocycles. The minimum atomic E-state index is -4.47. The Kier molecular flexibility index (Phi) is 7.13. The summed E-state index contributed by atoms with van der Waals surface area (Å²) >= 11 is 0. The number of aromatic nitrogens is 2. The summed E-state index contributed by atoms with van der Waals surface area (Å²) < 4.78 is 70.8. The number of nitrogens with one attached hydrogen (secondary N) is 1. The van der Waals surface area contributed by atoms with Gasteiger partial charge in [-0.1, -0.05) is 17.3 Å². The molecule has 1 fully saturated rings. The molecule has 1 amide bonds. The normalized spacial score (nSPS) is 16.3. The number of rotatable bonds is 6. The molecule has 4 rings (SSSR count). The van der Waals surface area contributed by atoms with Gasteiger partial charge in [-0.2, -0.15) is 18.2 Å². The van der Waals surface area contributed by atoms with Crippen LogP contribution in [0.2, 0.25) is 0 Å². The molecular weight excluding hydrogens is 473 g/mol. The summed E-state index contributed by atoms with van der Waals surface area (Å²) in [5.74, 6) is -1.60. The number of alkyl halides is 3. The summed E-state index contributed by atoms with van der Waals surface area (Å²) in [4.78, 5) is 20.5. The van der Waals surface area contributed by atoms with E-state index in [4.69, 9.17) is 4.52 Å². The lowest BCUT2D eigenvalue weighted by molar-refractivity contribution is -0.137. The SMILES string of the molecule is CC(c1nc(-c2cccc(C(F)(F)F)c2)no1)N1CCN(CC(=O)Nc2cc(F)cc(F)c2)CC1. The van der Waals surface area contributed by atoms with Gasteiger partial charge in [0.25, 0.3) is 0 Å². The zero-order valence-electron chi connectivity index (χ0n) is 18.6. The molecule has 3 aromatic rings. The molecule has 1 saturated heterocycles. The second kappa shape index (κ2) is 10.1. The number of nitrogens with zero attached hydrogens (tertiary/aromatic N) is 4. The summed E-state index contributed by atoms with van der Waals surface area (Å²) in [6.45, 7) is 4.15. The smallest absolute Gasteiger partial charge is 0.337 e. The van der Waals surface area contributed by atoms with E-state index in [9.17, 15) is 26.7 Å². The van der Waals surface area contributed by atoms with Gasteiger partial charge >= 0.3 is 6.18 Å². The fraction of sp³-hybridized carbons (Fsp3) is 0.348. The van der Waals surface area contributed by atoms with Gasteiger partial charge in [0.15, 0.2) is 0 Å². The topological polar surface area (TPSA) is 74.5 Å². The first kappa shape index (κ1) is 24.7. The minimum Gasteiger partial charge on any atom is -0.337 e. The zero-order chi connectivity index (χ0) is 25.2. The van der Waals surface area contributed by atoms with Gasteiger partial charge in [-0.05, 0) is 31.2 Å². The van der Waals surface area contributed by atoms with E-state index in [1.54, 1.807) is 0 Å². The van der Waals surface area contributed by atoms with E-state index in [1.807, 2.05) is 11.8 Å². The molecule has 0 radical (unpaired) electrons. The molecule has 35 heavy (non-hydrogen) atoms. The number of piperazine rings is 1. The van der Waals surface area contributed by atoms with E-state index >= 15 is 0 Å². The number of hydrogen-bond donors (Lipinski definition) is 1. The number of anilines is 1. The molecule has 1 unspecified atom stereocenters. The van der Waals surface area contributed by atoms with Crippen LogP contribution in [0.15, 0.2) is 47.0 Å². The van der Waals surface area contributed by atoms with Gasteiger partial charge in [-0.15, -0.1) is 0 Å². The Bertz CT molecular complexity index is 1170. The molecule has 2 heterocycles. The predicted octanol–water partition coefficient (Wildman–Crippen LogP) is 4.35. The van der Waals surface area contributed by atoms with Crippen LogP contribution >= 0.6 is 0 Å². The molecular formula is C23H22F5N5O2. The summed E-state index contributed by atoms with van der Waals surface area (Å²) in [6.07, 6.45) is -4.47. The van der Waals surface area contributed by atoms with Gasteiger partial charge in [-0.25, -0.2) is 8.78 Å². The highest BCUT2D eigenvalue weighted by atomic mass is 19.4. The van der Waals surface area contributed by atoms with Crippen LogP contribution in [0.4, 0.5) is 27.6 Å². The Labute approximate surface area is 197 Å². The summed E-state index contributed by atoms with van der Waals surface area (Å²) in [7, 11) is 0. The van der Waals surface area contributed by atoms with Crippen LogP contribution in [0, 0.1) is 11.6 Å². The molecule has 0 bridgehead atoms. The molecule has 12 heteroatoms. The fourth-order valence-corrected chi connectivity index (χ4v) is 3.85. The highest BCUT2D eigenvalue weighted by Crippen LogP contribution is 2.32. The third kappa shape index (κ3) is 6.20. The third-order valence-corrected chi connectivity index (χ3v) is 5.72. The Morgan fingerprint density at radius 2 is 1.77 bits per heavy atom. The van der Waals surface area contributed by atoms with E-state index in [-0.39, 0.29) is 41.5 Å². The fourth-order valence-electron chi connectivity index (χ4n) is 3.85. The number of carbonyl (C=O) groups is 1. The molecule has 7 nitrogen and oxygen atoms in total. The molecule has 1 N–H and O–H groups in total. The van der Waals surface area contributed by atoms with E-state index in [1.165, 1.54) is 12.1 Å². The summed E-state index contributed by atoms with van der Waals surface area (Å²) in [5, 5.41) is 6.32. The number of amides is 1. The maximum absolute atomic E-state index is 13.3. The number of benzene rings is 2. The molecule has 0 aliphatic carbocycles. The van der Waals surface area contributed by atoms with Crippen LogP contribution in [0.25, 0.3) is 11.4 Å². The van der Waals surface area contributed by atoms with Crippen molar-refractivity contribution >= 4 is 11.6 Å². The van der Waals surface area contributed by atoms with Gasteiger partial charge in [0.2, 0.25) is 17.6 Å². The maximum atomic E-state index is 13.3. The monoisotopic (exact) mass is 495 g/mol. The average molecular weight is 495 g/mol. The first-order valence-corrected chi connectivity index (χ1v) is 10.8. The molecule has 1 aliphatic rings. The van der Waals surface area contributed by atoms with Gasteiger partial charge in [0, 0.05) is 43.5 Å². The van der Waals surface area contributed by atoms with Crippen molar-refractivity contribution in [3.05, 3.63) is 65.6 Å². The Hall–Kier alpha value is -3.38. The van der Waals surface area contributed by atoms with Crippen molar-refractivity contribution in [3.63, 3.8) is 0 Å². The van der Waals surface area contributed by atoms with E-state index in [2.05, 4.69) is 20.4 Å².